The lowest BCUT2D eigenvalue weighted by Gasteiger charge is -2.12. The van der Waals surface area contributed by atoms with Crippen LogP contribution in [0.2, 0.25) is 10.0 Å². The first-order valence-corrected chi connectivity index (χ1v) is 8.92. The summed E-state index contributed by atoms with van der Waals surface area (Å²) in [6.45, 7) is -0.0426. The maximum atomic E-state index is 12.5. The van der Waals surface area contributed by atoms with E-state index in [4.69, 9.17) is 37.4 Å². The number of pyridine rings is 2. The molecule has 0 N–H and O–H groups in total. The summed E-state index contributed by atoms with van der Waals surface area (Å²) in [5, 5.41) is 22.8. The van der Waals surface area contributed by atoms with Crippen LogP contribution in [0.25, 0.3) is 0 Å². The summed E-state index contributed by atoms with van der Waals surface area (Å²) in [7, 11) is 1.44. The summed E-state index contributed by atoms with van der Waals surface area (Å²) in [6, 6.07) is 9.29. The van der Waals surface area contributed by atoms with Gasteiger partial charge in [-0.1, -0.05) is 23.2 Å². The molecule has 150 valence electrons. The van der Waals surface area contributed by atoms with E-state index in [-0.39, 0.29) is 33.7 Å². The van der Waals surface area contributed by atoms with Crippen LogP contribution in [-0.2, 0) is 6.61 Å². The number of ether oxygens (including phenoxy) is 3. The number of hydrogen-bond acceptors (Lipinski definition) is 6. The Kier molecular flexibility index (Phi) is 6.26. The fourth-order valence-electron chi connectivity index (χ4n) is 2.38. The zero-order chi connectivity index (χ0) is 21.0. The van der Waals surface area contributed by atoms with Gasteiger partial charge in [-0.25, -0.2) is 4.79 Å². The van der Waals surface area contributed by atoms with Crippen molar-refractivity contribution in [3.63, 3.8) is 0 Å². The molecule has 3 aromatic rings. The van der Waals surface area contributed by atoms with E-state index in [1.165, 1.54) is 31.5 Å². The third-order valence-corrected chi connectivity index (χ3v) is 4.33. The molecule has 0 aliphatic rings. The molecule has 2 aromatic heterocycles. The zero-order valence-electron chi connectivity index (χ0n) is 15.0. The van der Waals surface area contributed by atoms with Gasteiger partial charge in [-0.3, -0.25) is 0 Å². The molecule has 2 heterocycles. The van der Waals surface area contributed by atoms with Crippen molar-refractivity contribution in [3.05, 3.63) is 86.7 Å². The molecular formula is C19H14Cl2N2O6. The first-order chi connectivity index (χ1) is 13.9. The van der Waals surface area contributed by atoms with Crippen LogP contribution in [-0.4, -0.2) is 13.1 Å². The van der Waals surface area contributed by atoms with Crippen molar-refractivity contribution >= 4 is 29.2 Å². The van der Waals surface area contributed by atoms with E-state index in [1.807, 2.05) is 0 Å². The zero-order valence-corrected chi connectivity index (χ0v) is 16.5. The Balaban J connectivity index is 1.82. The van der Waals surface area contributed by atoms with Gasteiger partial charge in [-0.15, -0.1) is 0 Å². The van der Waals surface area contributed by atoms with Crippen molar-refractivity contribution in [2.45, 2.75) is 6.61 Å². The van der Waals surface area contributed by atoms with Crippen LogP contribution >= 0.6 is 23.2 Å². The minimum Gasteiger partial charge on any atom is -0.619 e. The summed E-state index contributed by atoms with van der Waals surface area (Å²) in [6.07, 6.45) is 3.37. The van der Waals surface area contributed by atoms with Gasteiger partial charge in [0.1, 0.15) is 10.0 Å². The number of aromatic nitrogens is 2. The molecule has 0 spiro atoms. The van der Waals surface area contributed by atoms with Crippen molar-refractivity contribution < 1.29 is 28.5 Å². The number of esters is 1. The molecule has 0 saturated heterocycles. The van der Waals surface area contributed by atoms with Crippen LogP contribution in [0.4, 0.5) is 0 Å². The number of nitrogens with zero attached hydrogens (tertiary/aromatic N) is 2. The molecule has 0 saturated carbocycles. The summed E-state index contributed by atoms with van der Waals surface area (Å²) in [4.78, 5) is 12.5. The minimum absolute atomic E-state index is 0.0426. The highest BCUT2D eigenvalue weighted by molar-refractivity contribution is 6.37. The molecule has 0 aliphatic heterocycles. The Morgan fingerprint density at radius 1 is 1.07 bits per heavy atom. The SMILES string of the molecule is COc1ccc(C(=O)Oc2c(Cl)c[n+]([O-])cc2Cl)cc1OCc1cccc[n+]1[O-]. The van der Waals surface area contributed by atoms with Crippen LogP contribution in [0.5, 0.6) is 17.2 Å². The Morgan fingerprint density at radius 3 is 2.45 bits per heavy atom. The Hall–Kier alpha value is -3.23. The van der Waals surface area contributed by atoms with Gasteiger partial charge in [0, 0.05) is 12.1 Å². The van der Waals surface area contributed by atoms with Crippen molar-refractivity contribution in [2.75, 3.05) is 7.11 Å². The Bertz CT molecular complexity index is 1040. The number of hydrogen-bond donors (Lipinski definition) is 0. The Morgan fingerprint density at radius 2 is 1.79 bits per heavy atom. The highest BCUT2D eigenvalue weighted by Crippen LogP contribution is 2.33. The van der Waals surface area contributed by atoms with Crippen molar-refractivity contribution in [3.8, 4) is 17.2 Å². The Labute approximate surface area is 175 Å². The van der Waals surface area contributed by atoms with Crippen LogP contribution in [0.1, 0.15) is 16.1 Å². The van der Waals surface area contributed by atoms with E-state index in [0.717, 1.165) is 12.4 Å². The monoisotopic (exact) mass is 436 g/mol. The molecule has 0 atom stereocenters. The molecule has 0 radical (unpaired) electrons. The summed E-state index contributed by atoms with van der Waals surface area (Å²) < 4.78 is 17.2. The molecule has 29 heavy (non-hydrogen) atoms. The lowest BCUT2D eigenvalue weighted by molar-refractivity contribution is -0.616. The predicted molar refractivity (Wildman–Crippen MR) is 103 cm³/mol. The lowest BCUT2D eigenvalue weighted by atomic mass is 10.2. The fraction of sp³-hybridized carbons (Fsp3) is 0.105. The van der Waals surface area contributed by atoms with E-state index in [0.29, 0.717) is 20.9 Å². The largest absolute Gasteiger partial charge is 0.619 e. The standard InChI is InChI=1S/C19H14Cl2N2O6/c1-27-16-6-5-12(8-17(16)28-11-13-4-2-3-7-23(13)26)19(24)29-18-14(20)9-22(25)10-15(18)21/h2-10H,11H2,1H3. The third-order valence-electron chi connectivity index (χ3n) is 3.79. The van der Waals surface area contributed by atoms with E-state index >= 15 is 0 Å². The second-order valence-corrected chi connectivity index (χ2v) is 6.52. The quantitative estimate of drug-likeness (QED) is 0.334. The van der Waals surface area contributed by atoms with E-state index < -0.39 is 5.97 Å². The molecule has 0 unspecified atom stereocenters. The molecular weight excluding hydrogens is 423 g/mol. The normalized spacial score (nSPS) is 10.4. The average molecular weight is 437 g/mol. The predicted octanol–water partition coefficient (Wildman–Crippen LogP) is 3.07. The number of halogens is 2. The highest BCUT2D eigenvalue weighted by atomic mass is 35.5. The molecule has 1 aromatic carbocycles. The average Bonchev–Trinajstić information content (AvgIpc) is 2.69. The second-order valence-electron chi connectivity index (χ2n) is 5.70. The van der Waals surface area contributed by atoms with Crippen molar-refractivity contribution in [1.29, 1.82) is 0 Å². The highest BCUT2D eigenvalue weighted by Gasteiger charge is 2.19. The van der Waals surface area contributed by atoms with Gasteiger partial charge < -0.3 is 24.6 Å². The number of rotatable bonds is 6. The third kappa shape index (κ3) is 4.79. The van der Waals surface area contributed by atoms with Crippen LogP contribution < -0.4 is 23.7 Å². The molecule has 0 fully saturated rings. The summed E-state index contributed by atoms with van der Waals surface area (Å²) in [5.74, 6) is -0.324. The molecule has 0 amide bonds. The molecule has 10 heteroatoms. The van der Waals surface area contributed by atoms with Crippen LogP contribution in [0.3, 0.4) is 0 Å². The number of carbonyl (C=O) groups excluding carboxylic acids is 1. The van der Waals surface area contributed by atoms with Gasteiger partial charge in [-0.2, -0.15) is 9.46 Å². The maximum absolute atomic E-state index is 12.5. The van der Waals surface area contributed by atoms with Crippen molar-refractivity contribution in [1.82, 2.24) is 0 Å². The van der Waals surface area contributed by atoms with Gasteiger partial charge >= 0.3 is 5.97 Å². The minimum atomic E-state index is -0.774. The van der Waals surface area contributed by atoms with E-state index in [9.17, 15) is 15.2 Å². The summed E-state index contributed by atoms with van der Waals surface area (Å²) >= 11 is 11.8. The van der Waals surface area contributed by atoms with Gasteiger partial charge in [-0.05, 0) is 24.3 Å². The maximum Gasteiger partial charge on any atom is 0.343 e. The molecule has 0 bridgehead atoms. The first-order valence-electron chi connectivity index (χ1n) is 8.17. The van der Waals surface area contributed by atoms with Gasteiger partial charge in [0.15, 0.2) is 30.1 Å². The lowest BCUT2D eigenvalue weighted by Crippen LogP contribution is -2.31. The van der Waals surface area contributed by atoms with Crippen LogP contribution in [0, 0.1) is 10.4 Å². The fourth-order valence-corrected chi connectivity index (χ4v) is 2.91. The number of carbonyl (C=O) groups is 1. The smallest absolute Gasteiger partial charge is 0.343 e. The number of benzene rings is 1. The topological polar surface area (TPSA) is 98.6 Å². The van der Waals surface area contributed by atoms with E-state index in [1.54, 1.807) is 18.2 Å². The van der Waals surface area contributed by atoms with Gasteiger partial charge in [0.05, 0.1) is 12.7 Å². The molecule has 8 nitrogen and oxygen atoms in total. The van der Waals surface area contributed by atoms with E-state index in [2.05, 4.69) is 0 Å². The number of methoxy groups -OCH3 is 1. The summed E-state index contributed by atoms with van der Waals surface area (Å²) in [5.41, 5.74) is 0.492. The van der Waals surface area contributed by atoms with Crippen molar-refractivity contribution in [2.24, 2.45) is 0 Å². The second kappa shape index (κ2) is 8.85. The molecule has 3 rings (SSSR count). The molecule has 0 aliphatic carbocycles. The van der Waals surface area contributed by atoms with Gasteiger partial charge in [0.2, 0.25) is 18.1 Å². The van der Waals surface area contributed by atoms with Crippen LogP contribution in [0.15, 0.2) is 55.0 Å². The first kappa shape index (κ1) is 20.5. The van der Waals surface area contributed by atoms with Gasteiger partial charge in [0.25, 0.3) is 0 Å².